The molecule has 1 atom stereocenters. The second-order valence-corrected chi connectivity index (χ2v) is 8.83. The summed E-state index contributed by atoms with van der Waals surface area (Å²) in [5.74, 6) is -0.307. The number of aromatic nitrogens is 1. The van der Waals surface area contributed by atoms with Gasteiger partial charge in [-0.05, 0) is 55.8 Å². The first-order valence-electron chi connectivity index (χ1n) is 10.4. The predicted octanol–water partition coefficient (Wildman–Crippen LogP) is 4.41. The van der Waals surface area contributed by atoms with Crippen molar-refractivity contribution < 1.29 is 28.9 Å². The minimum absolute atomic E-state index is 0.0344. The van der Waals surface area contributed by atoms with Gasteiger partial charge in [-0.1, -0.05) is 6.07 Å². The summed E-state index contributed by atoms with van der Waals surface area (Å²) in [5.41, 5.74) is 1.68. The highest BCUT2D eigenvalue weighted by atomic mass is 32.1. The lowest BCUT2D eigenvalue weighted by molar-refractivity contribution is -0.132. The molecule has 3 aromatic rings. The highest BCUT2D eigenvalue weighted by Crippen LogP contribution is 2.45. The van der Waals surface area contributed by atoms with E-state index < -0.39 is 17.7 Å². The van der Waals surface area contributed by atoms with Crippen molar-refractivity contribution in [3.63, 3.8) is 0 Å². The van der Waals surface area contributed by atoms with E-state index in [1.54, 1.807) is 42.5 Å². The Kier molecular flexibility index (Phi) is 6.30. The molecule has 34 heavy (non-hydrogen) atoms. The summed E-state index contributed by atoms with van der Waals surface area (Å²) >= 11 is 1.31. The number of aliphatic hydroxyl groups is 1. The van der Waals surface area contributed by atoms with Gasteiger partial charge in [0.25, 0.3) is 5.78 Å². The quantitative estimate of drug-likeness (QED) is 0.317. The Morgan fingerprint density at radius 1 is 0.971 bits per heavy atom. The Morgan fingerprint density at radius 3 is 2.21 bits per heavy atom. The van der Waals surface area contributed by atoms with Gasteiger partial charge in [0, 0.05) is 10.4 Å². The van der Waals surface area contributed by atoms with Crippen LogP contribution in [0.1, 0.15) is 27.7 Å². The number of carbonyl (C=O) groups is 2. The van der Waals surface area contributed by atoms with E-state index in [9.17, 15) is 14.7 Å². The van der Waals surface area contributed by atoms with Gasteiger partial charge in [-0.25, -0.2) is 4.98 Å². The van der Waals surface area contributed by atoms with E-state index in [0.29, 0.717) is 33.5 Å². The number of methoxy groups -OCH3 is 3. The zero-order valence-electron chi connectivity index (χ0n) is 19.4. The van der Waals surface area contributed by atoms with Gasteiger partial charge in [0.05, 0.1) is 38.6 Å². The molecule has 0 bridgehead atoms. The molecular formula is C25H24N2O6S. The number of Topliss-reactive ketones (excluding diaryl/α,β-unsaturated/α-hetero) is 1. The van der Waals surface area contributed by atoms with Crippen molar-refractivity contribution in [3.05, 3.63) is 69.7 Å². The number of hydrogen-bond acceptors (Lipinski definition) is 8. The molecule has 1 aliphatic heterocycles. The Bertz CT molecular complexity index is 1280. The molecule has 9 heteroatoms. The molecule has 0 unspecified atom stereocenters. The topological polar surface area (TPSA) is 98.2 Å². The van der Waals surface area contributed by atoms with E-state index in [4.69, 9.17) is 14.2 Å². The number of aryl methyl sites for hydroxylation is 2. The fraction of sp³-hybridized carbons (Fsp3) is 0.240. The highest BCUT2D eigenvalue weighted by molar-refractivity contribution is 7.16. The highest BCUT2D eigenvalue weighted by Gasteiger charge is 2.48. The fourth-order valence-corrected chi connectivity index (χ4v) is 4.77. The summed E-state index contributed by atoms with van der Waals surface area (Å²) in [7, 11) is 4.56. The first kappa shape index (κ1) is 23.3. The molecule has 1 amide bonds. The summed E-state index contributed by atoms with van der Waals surface area (Å²) in [6, 6.07) is 10.8. The number of ether oxygens (including phenoxy) is 3. The molecule has 1 N–H and O–H groups in total. The standard InChI is InChI=1S/C25H24N2O6S/c1-13-14(2)34-25(26-13)27-21(16-8-11-18(32-4)19(12-16)33-5)20(23(29)24(27)30)22(28)15-6-9-17(31-3)10-7-15/h6-12,21,28H,1-5H3/t21-/m0/s1. The minimum atomic E-state index is -0.910. The third-order valence-electron chi connectivity index (χ3n) is 5.75. The lowest BCUT2D eigenvalue weighted by atomic mass is 9.95. The lowest BCUT2D eigenvalue weighted by Gasteiger charge is -2.23. The second-order valence-electron chi connectivity index (χ2n) is 7.65. The first-order chi connectivity index (χ1) is 16.3. The van der Waals surface area contributed by atoms with Crippen molar-refractivity contribution in [2.24, 2.45) is 0 Å². The number of thiazole rings is 1. The molecule has 0 radical (unpaired) electrons. The number of nitrogens with zero attached hydrogens (tertiary/aromatic N) is 2. The molecule has 0 saturated carbocycles. The van der Waals surface area contributed by atoms with Crippen LogP contribution in [-0.2, 0) is 9.59 Å². The van der Waals surface area contributed by atoms with Crippen LogP contribution >= 0.6 is 11.3 Å². The Labute approximate surface area is 201 Å². The van der Waals surface area contributed by atoms with Gasteiger partial charge in [-0.2, -0.15) is 0 Å². The summed E-state index contributed by atoms with van der Waals surface area (Å²) in [5, 5.41) is 11.6. The maximum Gasteiger partial charge on any atom is 0.301 e. The number of aliphatic hydroxyl groups excluding tert-OH is 1. The normalized spacial score (nSPS) is 17.2. The maximum atomic E-state index is 13.3. The molecule has 4 rings (SSSR count). The van der Waals surface area contributed by atoms with Crippen LogP contribution in [0.5, 0.6) is 17.2 Å². The molecule has 1 fully saturated rings. The molecule has 1 saturated heterocycles. The average Bonchev–Trinajstić information content (AvgIpc) is 3.32. The predicted molar refractivity (Wildman–Crippen MR) is 129 cm³/mol. The third kappa shape index (κ3) is 3.88. The average molecular weight is 481 g/mol. The van der Waals surface area contributed by atoms with Crippen molar-refractivity contribution in [1.82, 2.24) is 4.98 Å². The molecule has 1 aliphatic rings. The molecule has 8 nitrogen and oxygen atoms in total. The summed E-state index contributed by atoms with van der Waals surface area (Å²) in [6.07, 6.45) is 0. The zero-order valence-corrected chi connectivity index (χ0v) is 20.2. The number of rotatable bonds is 6. The minimum Gasteiger partial charge on any atom is -0.507 e. The van der Waals surface area contributed by atoms with E-state index in [0.717, 1.165) is 10.6 Å². The zero-order chi connectivity index (χ0) is 24.6. The van der Waals surface area contributed by atoms with Crippen LogP contribution in [0.4, 0.5) is 5.13 Å². The maximum absolute atomic E-state index is 13.3. The van der Waals surface area contributed by atoms with Crippen LogP contribution in [0.15, 0.2) is 48.0 Å². The van der Waals surface area contributed by atoms with Crippen molar-refractivity contribution >= 4 is 33.9 Å². The first-order valence-corrected chi connectivity index (χ1v) is 11.2. The van der Waals surface area contributed by atoms with Crippen LogP contribution in [0.2, 0.25) is 0 Å². The number of ketones is 1. The van der Waals surface area contributed by atoms with Crippen LogP contribution in [0.3, 0.4) is 0 Å². The monoisotopic (exact) mass is 480 g/mol. The lowest BCUT2D eigenvalue weighted by Crippen LogP contribution is -2.29. The Hall–Kier alpha value is -3.85. The van der Waals surface area contributed by atoms with Crippen molar-refractivity contribution in [2.75, 3.05) is 26.2 Å². The van der Waals surface area contributed by atoms with Crippen LogP contribution in [-0.4, -0.2) is 43.1 Å². The fourth-order valence-electron chi connectivity index (χ4n) is 3.83. The van der Waals surface area contributed by atoms with Crippen molar-refractivity contribution in [2.45, 2.75) is 19.9 Å². The number of carbonyl (C=O) groups excluding carboxylic acids is 2. The van der Waals surface area contributed by atoms with Crippen LogP contribution in [0, 0.1) is 13.8 Å². The molecule has 0 spiro atoms. The van der Waals surface area contributed by atoms with Crippen LogP contribution in [0.25, 0.3) is 5.76 Å². The third-order valence-corrected chi connectivity index (χ3v) is 6.83. The SMILES string of the molecule is COc1ccc(C(O)=C2C(=O)C(=O)N(c3nc(C)c(C)s3)[C@H]2c2ccc(OC)c(OC)c2)cc1. The molecule has 1 aromatic heterocycles. The van der Waals surface area contributed by atoms with Gasteiger partial charge in [0.15, 0.2) is 16.6 Å². The van der Waals surface area contributed by atoms with Gasteiger partial charge < -0.3 is 19.3 Å². The summed E-state index contributed by atoms with van der Waals surface area (Å²) in [6.45, 7) is 3.74. The Balaban J connectivity index is 1.95. The summed E-state index contributed by atoms with van der Waals surface area (Å²) < 4.78 is 16.0. The number of hydrogen-bond donors (Lipinski definition) is 1. The van der Waals surface area contributed by atoms with Gasteiger partial charge in [-0.15, -0.1) is 11.3 Å². The van der Waals surface area contributed by atoms with E-state index in [-0.39, 0.29) is 11.3 Å². The number of benzene rings is 2. The summed E-state index contributed by atoms with van der Waals surface area (Å²) in [4.78, 5) is 33.3. The van der Waals surface area contributed by atoms with Gasteiger partial charge in [0.2, 0.25) is 0 Å². The molecule has 0 aliphatic carbocycles. The van der Waals surface area contributed by atoms with E-state index in [1.807, 2.05) is 13.8 Å². The van der Waals surface area contributed by atoms with Gasteiger partial charge in [0.1, 0.15) is 11.5 Å². The van der Waals surface area contributed by atoms with Crippen LogP contribution < -0.4 is 19.1 Å². The number of amides is 1. The smallest absolute Gasteiger partial charge is 0.301 e. The molecule has 2 aromatic carbocycles. The van der Waals surface area contributed by atoms with E-state index in [1.165, 1.54) is 37.6 Å². The van der Waals surface area contributed by atoms with E-state index in [2.05, 4.69) is 4.98 Å². The van der Waals surface area contributed by atoms with Crippen molar-refractivity contribution in [1.29, 1.82) is 0 Å². The van der Waals surface area contributed by atoms with Crippen molar-refractivity contribution in [3.8, 4) is 17.2 Å². The molecular weight excluding hydrogens is 456 g/mol. The largest absolute Gasteiger partial charge is 0.507 e. The van der Waals surface area contributed by atoms with E-state index >= 15 is 0 Å². The number of anilines is 1. The Morgan fingerprint density at radius 2 is 1.65 bits per heavy atom. The molecule has 2 heterocycles. The van der Waals surface area contributed by atoms with Gasteiger partial charge >= 0.3 is 5.91 Å². The van der Waals surface area contributed by atoms with Gasteiger partial charge in [-0.3, -0.25) is 14.5 Å². The second kappa shape index (κ2) is 9.18. The molecule has 176 valence electrons.